The highest BCUT2D eigenvalue weighted by Crippen LogP contribution is 2.06. The number of rotatable bonds is 6. The minimum absolute atomic E-state index is 0.175. The van der Waals surface area contributed by atoms with Crippen molar-refractivity contribution < 1.29 is 14.6 Å². The zero-order valence-electron chi connectivity index (χ0n) is 13.3. The van der Waals surface area contributed by atoms with Crippen molar-refractivity contribution in [3.05, 3.63) is 35.9 Å². The number of alkyl carbamates (subject to hydrolysis) is 1. The molecule has 0 saturated carbocycles. The molecule has 0 aliphatic rings. The van der Waals surface area contributed by atoms with Crippen LogP contribution in [0, 0.1) is 0 Å². The van der Waals surface area contributed by atoms with E-state index in [1.807, 2.05) is 42.3 Å². The van der Waals surface area contributed by atoms with Crippen LogP contribution in [-0.4, -0.2) is 47.9 Å². The summed E-state index contributed by atoms with van der Waals surface area (Å²) in [5.74, 6) is 0. The molecule has 5 heteroatoms. The second kappa shape index (κ2) is 8.00. The predicted octanol–water partition coefficient (Wildman–Crippen LogP) is 2.00. The van der Waals surface area contributed by atoms with Crippen molar-refractivity contribution in [2.75, 3.05) is 20.1 Å². The summed E-state index contributed by atoms with van der Waals surface area (Å²) in [6, 6.07) is 10.0. The lowest BCUT2D eigenvalue weighted by Crippen LogP contribution is -2.40. The molecule has 0 heterocycles. The van der Waals surface area contributed by atoms with E-state index in [0.29, 0.717) is 6.54 Å². The molecular weight excluding hydrogens is 268 g/mol. The predicted molar refractivity (Wildman–Crippen MR) is 83.0 cm³/mol. The molecule has 5 nitrogen and oxygen atoms in total. The van der Waals surface area contributed by atoms with E-state index in [1.54, 1.807) is 20.8 Å². The van der Waals surface area contributed by atoms with Crippen LogP contribution < -0.4 is 5.32 Å². The lowest BCUT2D eigenvalue weighted by atomic mass is 10.2. The number of hydrogen-bond donors (Lipinski definition) is 2. The van der Waals surface area contributed by atoms with Gasteiger partial charge in [-0.2, -0.15) is 0 Å². The third kappa shape index (κ3) is 8.32. The summed E-state index contributed by atoms with van der Waals surface area (Å²) in [5, 5.41) is 12.5. The summed E-state index contributed by atoms with van der Waals surface area (Å²) in [7, 11) is 1.93. The fraction of sp³-hybridized carbons (Fsp3) is 0.562. The number of aliphatic hydroxyl groups is 1. The van der Waals surface area contributed by atoms with Gasteiger partial charge < -0.3 is 15.2 Å². The lowest BCUT2D eigenvalue weighted by molar-refractivity contribution is 0.0473. The van der Waals surface area contributed by atoms with Gasteiger partial charge in [0.05, 0.1) is 6.10 Å². The van der Waals surface area contributed by atoms with E-state index in [-0.39, 0.29) is 6.54 Å². The molecule has 1 rings (SSSR count). The molecule has 0 saturated heterocycles. The molecule has 1 amide bonds. The number of amides is 1. The van der Waals surface area contributed by atoms with E-state index in [9.17, 15) is 9.90 Å². The maximum Gasteiger partial charge on any atom is 0.407 e. The van der Waals surface area contributed by atoms with Gasteiger partial charge in [-0.05, 0) is 33.4 Å². The van der Waals surface area contributed by atoms with Gasteiger partial charge in [0.15, 0.2) is 0 Å². The van der Waals surface area contributed by atoms with E-state index in [1.165, 1.54) is 5.56 Å². The van der Waals surface area contributed by atoms with Crippen LogP contribution in [0.4, 0.5) is 4.79 Å². The van der Waals surface area contributed by atoms with Crippen LogP contribution in [0.15, 0.2) is 30.3 Å². The van der Waals surface area contributed by atoms with E-state index in [4.69, 9.17) is 4.74 Å². The molecule has 2 N–H and O–H groups in total. The summed E-state index contributed by atoms with van der Waals surface area (Å²) >= 11 is 0. The van der Waals surface area contributed by atoms with Gasteiger partial charge in [-0.3, -0.25) is 4.90 Å². The van der Waals surface area contributed by atoms with Crippen molar-refractivity contribution in [3.8, 4) is 0 Å². The Hall–Kier alpha value is -1.59. The molecule has 0 bridgehead atoms. The zero-order chi connectivity index (χ0) is 15.9. The highest BCUT2D eigenvalue weighted by atomic mass is 16.6. The number of aliphatic hydroxyl groups excluding tert-OH is 1. The SMILES string of the molecule is CN(Cc1ccccc1)CC(O)CNC(=O)OC(C)(C)C. The van der Waals surface area contributed by atoms with Crippen molar-refractivity contribution in [3.63, 3.8) is 0 Å². The quantitative estimate of drug-likeness (QED) is 0.842. The van der Waals surface area contributed by atoms with Crippen LogP contribution in [0.2, 0.25) is 0 Å². The minimum Gasteiger partial charge on any atom is -0.444 e. The van der Waals surface area contributed by atoms with Gasteiger partial charge in [0.2, 0.25) is 0 Å². The van der Waals surface area contributed by atoms with E-state index >= 15 is 0 Å². The Balaban J connectivity index is 2.27. The average molecular weight is 294 g/mol. The summed E-state index contributed by atoms with van der Waals surface area (Å²) in [6.45, 7) is 6.81. The van der Waals surface area contributed by atoms with Gasteiger partial charge in [0.1, 0.15) is 5.60 Å². The Morgan fingerprint density at radius 1 is 1.33 bits per heavy atom. The molecule has 0 aromatic heterocycles. The molecule has 0 aliphatic heterocycles. The summed E-state index contributed by atoms with van der Waals surface area (Å²) in [6.07, 6.45) is -1.14. The topological polar surface area (TPSA) is 61.8 Å². The second-order valence-electron chi connectivity index (χ2n) is 6.22. The van der Waals surface area contributed by atoms with E-state index < -0.39 is 17.8 Å². The smallest absolute Gasteiger partial charge is 0.407 e. The lowest BCUT2D eigenvalue weighted by Gasteiger charge is -2.23. The molecule has 1 aromatic rings. The van der Waals surface area contributed by atoms with E-state index in [2.05, 4.69) is 5.32 Å². The van der Waals surface area contributed by atoms with Crippen molar-refractivity contribution in [1.29, 1.82) is 0 Å². The number of hydrogen-bond acceptors (Lipinski definition) is 4. The van der Waals surface area contributed by atoms with Gasteiger partial charge in [-0.1, -0.05) is 30.3 Å². The maximum atomic E-state index is 11.5. The molecule has 1 aromatic carbocycles. The first-order valence-corrected chi connectivity index (χ1v) is 7.13. The number of nitrogens with one attached hydrogen (secondary N) is 1. The summed E-state index contributed by atoms with van der Waals surface area (Å²) in [5.41, 5.74) is 0.659. The van der Waals surface area contributed by atoms with Crippen LogP contribution in [0.3, 0.4) is 0 Å². The normalized spacial score (nSPS) is 13.0. The summed E-state index contributed by atoms with van der Waals surface area (Å²) < 4.78 is 5.11. The Morgan fingerprint density at radius 2 is 1.95 bits per heavy atom. The van der Waals surface area contributed by atoms with Gasteiger partial charge in [-0.15, -0.1) is 0 Å². The first-order valence-electron chi connectivity index (χ1n) is 7.13. The highest BCUT2D eigenvalue weighted by molar-refractivity contribution is 5.67. The average Bonchev–Trinajstić information content (AvgIpc) is 2.35. The standard InChI is InChI=1S/C16H26N2O3/c1-16(2,3)21-15(20)17-10-14(19)12-18(4)11-13-8-6-5-7-9-13/h5-9,14,19H,10-12H2,1-4H3,(H,17,20). The van der Waals surface area contributed by atoms with Gasteiger partial charge in [0.25, 0.3) is 0 Å². The zero-order valence-corrected chi connectivity index (χ0v) is 13.3. The first-order chi connectivity index (χ1) is 9.76. The number of carbonyl (C=O) groups excluding carboxylic acids is 1. The van der Waals surface area contributed by atoms with Gasteiger partial charge >= 0.3 is 6.09 Å². The van der Waals surface area contributed by atoms with Crippen LogP contribution in [0.5, 0.6) is 0 Å². The molecule has 118 valence electrons. The Labute approximate surface area is 126 Å². The number of ether oxygens (including phenoxy) is 1. The van der Waals surface area contributed by atoms with Gasteiger partial charge in [0, 0.05) is 19.6 Å². The third-order valence-electron chi connectivity index (χ3n) is 2.70. The molecule has 1 unspecified atom stereocenters. The van der Waals surface area contributed by atoms with Crippen molar-refractivity contribution >= 4 is 6.09 Å². The maximum absolute atomic E-state index is 11.5. The number of carbonyl (C=O) groups is 1. The fourth-order valence-corrected chi connectivity index (χ4v) is 1.90. The molecule has 0 aliphatic carbocycles. The van der Waals surface area contributed by atoms with Crippen molar-refractivity contribution in [1.82, 2.24) is 10.2 Å². The number of nitrogens with zero attached hydrogens (tertiary/aromatic N) is 1. The van der Waals surface area contributed by atoms with Crippen LogP contribution >= 0.6 is 0 Å². The van der Waals surface area contributed by atoms with Crippen molar-refractivity contribution in [2.24, 2.45) is 0 Å². The summed E-state index contributed by atoms with van der Waals surface area (Å²) in [4.78, 5) is 13.5. The Morgan fingerprint density at radius 3 is 2.52 bits per heavy atom. The molecule has 1 atom stereocenters. The minimum atomic E-state index is -0.633. The Bertz CT molecular complexity index is 429. The third-order valence-corrected chi connectivity index (χ3v) is 2.70. The molecule has 0 fully saturated rings. The highest BCUT2D eigenvalue weighted by Gasteiger charge is 2.17. The fourth-order valence-electron chi connectivity index (χ4n) is 1.90. The molecular formula is C16H26N2O3. The van der Waals surface area contributed by atoms with E-state index in [0.717, 1.165) is 6.54 Å². The molecule has 0 spiro atoms. The van der Waals surface area contributed by atoms with Crippen LogP contribution in [0.1, 0.15) is 26.3 Å². The van der Waals surface area contributed by atoms with Gasteiger partial charge in [-0.25, -0.2) is 4.79 Å². The monoisotopic (exact) mass is 294 g/mol. The van der Waals surface area contributed by atoms with Crippen molar-refractivity contribution in [2.45, 2.75) is 39.0 Å². The second-order valence-corrected chi connectivity index (χ2v) is 6.22. The Kier molecular flexibility index (Phi) is 6.65. The van der Waals surface area contributed by atoms with Crippen LogP contribution in [-0.2, 0) is 11.3 Å². The number of likely N-dealkylation sites (N-methyl/N-ethyl adjacent to an activating group) is 1. The molecule has 21 heavy (non-hydrogen) atoms. The molecule has 0 radical (unpaired) electrons. The largest absolute Gasteiger partial charge is 0.444 e. The van der Waals surface area contributed by atoms with Crippen LogP contribution in [0.25, 0.3) is 0 Å². The number of benzene rings is 1. The first kappa shape index (κ1) is 17.5.